The minimum Gasteiger partial charge on any atom is -0.343 e. The lowest BCUT2D eigenvalue weighted by Gasteiger charge is -2.22. The summed E-state index contributed by atoms with van der Waals surface area (Å²) < 4.78 is 0. The van der Waals surface area contributed by atoms with Crippen molar-refractivity contribution in [3.63, 3.8) is 0 Å². The fraction of sp³-hybridized carbons (Fsp3) is 0.125. The van der Waals surface area contributed by atoms with Crippen LogP contribution in [-0.4, -0.2) is 18.4 Å². The molecule has 3 rings (SSSR count). The van der Waals surface area contributed by atoms with Crippen molar-refractivity contribution < 1.29 is 9.59 Å². The molecule has 0 bridgehead atoms. The van der Waals surface area contributed by atoms with Crippen LogP contribution in [0.15, 0.2) is 48.5 Å². The Morgan fingerprint density at radius 3 is 2.52 bits per heavy atom. The third kappa shape index (κ3) is 2.76. The third-order valence-electron chi connectivity index (χ3n) is 3.39. The second-order valence-corrected chi connectivity index (χ2v) is 5.24. The van der Waals surface area contributed by atoms with E-state index in [1.54, 1.807) is 35.2 Å². The lowest BCUT2D eigenvalue weighted by molar-refractivity contribution is -0.117. The summed E-state index contributed by atoms with van der Waals surface area (Å²) in [7, 11) is 0. The largest absolute Gasteiger partial charge is 0.343 e. The molecule has 0 fully saturated rings. The summed E-state index contributed by atoms with van der Waals surface area (Å²) in [6, 6.07) is 14.4. The van der Waals surface area contributed by atoms with Gasteiger partial charge in [-0.1, -0.05) is 35.9 Å². The Balaban J connectivity index is 1.99. The molecule has 0 unspecified atom stereocenters. The van der Waals surface area contributed by atoms with Crippen LogP contribution in [0.2, 0.25) is 5.02 Å². The average molecular weight is 301 g/mol. The number of halogens is 1. The van der Waals surface area contributed by atoms with Crippen LogP contribution in [0.3, 0.4) is 0 Å². The highest BCUT2D eigenvalue weighted by molar-refractivity contribution is 6.30. The van der Waals surface area contributed by atoms with Gasteiger partial charge in [0, 0.05) is 5.02 Å². The Kier molecular flexibility index (Phi) is 3.62. The number of para-hydroxylation sites is 1. The number of hydrogen-bond acceptors (Lipinski definition) is 2. The van der Waals surface area contributed by atoms with Crippen LogP contribution in [-0.2, 0) is 11.3 Å². The quantitative estimate of drug-likeness (QED) is 0.927. The summed E-state index contributed by atoms with van der Waals surface area (Å²) >= 11 is 5.87. The molecule has 0 atom stereocenters. The predicted molar refractivity (Wildman–Crippen MR) is 81.4 cm³/mol. The molecule has 1 N–H and O–H groups in total. The van der Waals surface area contributed by atoms with E-state index in [0.29, 0.717) is 22.8 Å². The number of hydrogen-bond donors (Lipinski definition) is 1. The number of fused-ring (bicyclic) bond motifs is 1. The molecule has 21 heavy (non-hydrogen) atoms. The van der Waals surface area contributed by atoms with Crippen molar-refractivity contribution in [1.29, 1.82) is 0 Å². The van der Waals surface area contributed by atoms with Crippen molar-refractivity contribution in [3.05, 3.63) is 64.7 Å². The van der Waals surface area contributed by atoms with Gasteiger partial charge in [-0.25, -0.2) is 0 Å². The van der Waals surface area contributed by atoms with Gasteiger partial charge >= 0.3 is 0 Å². The van der Waals surface area contributed by atoms with Crippen molar-refractivity contribution in [2.75, 3.05) is 11.4 Å². The summed E-state index contributed by atoms with van der Waals surface area (Å²) in [6.45, 7) is 0.406. The molecule has 0 radical (unpaired) electrons. The number of carbonyl (C=O) groups is 2. The molecular weight excluding hydrogens is 288 g/mol. The second-order valence-electron chi connectivity index (χ2n) is 4.81. The molecule has 1 heterocycles. The van der Waals surface area contributed by atoms with E-state index in [4.69, 9.17) is 11.6 Å². The number of amides is 2. The minimum atomic E-state index is -0.224. The Morgan fingerprint density at radius 1 is 1.05 bits per heavy atom. The zero-order valence-electron chi connectivity index (χ0n) is 11.2. The Hall–Kier alpha value is -2.33. The molecule has 5 heteroatoms. The molecule has 106 valence electrons. The first-order chi connectivity index (χ1) is 10.1. The van der Waals surface area contributed by atoms with E-state index < -0.39 is 0 Å². The average Bonchev–Trinajstić information content (AvgIpc) is 2.62. The van der Waals surface area contributed by atoms with Crippen LogP contribution in [0.5, 0.6) is 0 Å². The van der Waals surface area contributed by atoms with E-state index in [9.17, 15) is 9.59 Å². The van der Waals surface area contributed by atoms with Crippen LogP contribution < -0.4 is 10.2 Å². The van der Waals surface area contributed by atoms with E-state index in [0.717, 1.165) is 5.56 Å². The van der Waals surface area contributed by atoms with Gasteiger partial charge in [-0.2, -0.15) is 0 Å². The fourth-order valence-electron chi connectivity index (χ4n) is 2.33. The molecule has 1 aliphatic rings. The summed E-state index contributed by atoms with van der Waals surface area (Å²) in [4.78, 5) is 25.9. The highest BCUT2D eigenvalue weighted by atomic mass is 35.5. The van der Waals surface area contributed by atoms with Crippen molar-refractivity contribution in [2.45, 2.75) is 6.54 Å². The van der Waals surface area contributed by atoms with Crippen LogP contribution in [0.1, 0.15) is 15.9 Å². The number of benzene rings is 2. The molecule has 0 aliphatic carbocycles. The zero-order valence-corrected chi connectivity index (χ0v) is 11.9. The van der Waals surface area contributed by atoms with Gasteiger partial charge < -0.3 is 10.2 Å². The molecule has 2 amide bonds. The molecule has 0 saturated heterocycles. The van der Waals surface area contributed by atoms with Crippen LogP contribution in [0.25, 0.3) is 0 Å². The first kappa shape index (κ1) is 13.6. The van der Waals surface area contributed by atoms with Gasteiger partial charge in [0.2, 0.25) is 5.91 Å². The Morgan fingerprint density at radius 2 is 1.76 bits per heavy atom. The molecule has 2 aromatic carbocycles. The zero-order chi connectivity index (χ0) is 14.8. The monoisotopic (exact) mass is 300 g/mol. The van der Waals surface area contributed by atoms with E-state index in [1.807, 2.05) is 18.2 Å². The highest BCUT2D eigenvalue weighted by Crippen LogP contribution is 2.24. The first-order valence-electron chi connectivity index (χ1n) is 6.57. The number of rotatable bonds is 2. The van der Waals surface area contributed by atoms with E-state index in [2.05, 4.69) is 5.32 Å². The van der Waals surface area contributed by atoms with Crippen LogP contribution in [0, 0.1) is 0 Å². The van der Waals surface area contributed by atoms with E-state index >= 15 is 0 Å². The molecule has 0 aromatic heterocycles. The van der Waals surface area contributed by atoms with Crippen molar-refractivity contribution in [2.24, 2.45) is 0 Å². The number of anilines is 1. The molecule has 0 spiro atoms. The summed E-state index contributed by atoms with van der Waals surface area (Å²) in [5.41, 5.74) is 2.10. The molecular formula is C16H13ClN2O2. The van der Waals surface area contributed by atoms with E-state index in [-0.39, 0.29) is 18.4 Å². The normalized spacial score (nSPS) is 14.4. The second kappa shape index (κ2) is 5.58. The van der Waals surface area contributed by atoms with Crippen molar-refractivity contribution >= 4 is 29.1 Å². The summed E-state index contributed by atoms with van der Waals surface area (Å²) in [6.07, 6.45) is 0. The van der Waals surface area contributed by atoms with Crippen LogP contribution >= 0.6 is 11.6 Å². The molecule has 4 nitrogen and oxygen atoms in total. The smallest absolute Gasteiger partial charge is 0.253 e. The van der Waals surface area contributed by atoms with Crippen LogP contribution in [0.4, 0.5) is 5.69 Å². The van der Waals surface area contributed by atoms with Gasteiger partial charge in [0.05, 0.1) is 24.3 Å². The van der Waals surface area contributed by atoms with Gasteiger partial charge in [-0.3, -0.25) is 9.59 Å². The standard InChI is InChI=1S/C16H13ClN2O2/c17-12-7-5-11(6-8-12)10-19-14-4-2-1-3-13(14)16(21)18-9-15(19)20/h1-8H,9-10H2,(H,18,21). The summed E-state index contributed by atoms with van der Waals surface area (Å²) in [5, 5.41) is 3.28. The fourth-order valence-corrected chi connectivity index (χ4v) is 2.45. The van der Waals surface area contributed by atoms with Gasteiger partial charge in [0.15, 0.2) is 0 Å². The third-order valence-corrected chi connectivity index (χ3v) is 3.65. The van der Waals surface area contributed by atoms with Gasteiger partial charge in [-0.15, -0.1) is 0 Å². The lowest BCUT2D eigenvalue weighted by atomic mass is 10.1. The maximum atomic E-state index is 12.3. The first-order valence-corrected chi connectivity index (χ1v) is 6.95. The lowest BCUT2D eigenvalue weighted by Crippen LogP contribution is -2.36. The maximum Gasteiger partial charge on any atom is 0.253 e. The Labute approximate surface area is 127 Å². The SMILES string of the molecule is O=C1NCC(=O)N(Cc2ccc(Cl)cc2)c2ccccc21. The predicted octanol–water partition coefficient (Wildman–Crippen LogP) is 2.62. The highest BCUT2D eigenvalue weighted by Gasteiger charge is 2.25. The number of carbonyl (C=O) groups excluding carboxylic acids is 2. The number of nitrogens with one attached hydrogen (secondary N) is 1. The van der Waals surface area contributed by atoms with Crippen molar-refractivity contribution in [1.82, 2.24) is 5.32 Å². The van der Waals surface area contributed by atoms with Gasteiger partial charge in [-0.05, 0) is 29.8 Å². The minimum absolute atomic E-state index is 0.00109. The van der Waals surface area contributed by atoms with Crippen molar-refractivity contribution in [3.8, 4) is 0 Å². The van der Waals surface area contributed by atoms with Gasteiger partial charge in [0.1, 0.15) is 0 Å². The summed E-state index contributed by atoms with van der Waals surface area (Å²) in [5.74, 6) is -0.360. The number of nitrogens with zero attached hydrogens (tertiary/aromatic N) is 1. The topological polar surface area (TPSA) is 49.4 Å². The van der Waals surface area contributed by atoms with Gasteiger partial charge in [0.25, 0.3) is 5.91 Å². The molecule has 1 aliphatic heterocycles. The Bertz CT molecular complexity index is 698. The maximum absolute atomic E-state index is 12.3. The van der Waals surface area contributed by atoms with E-state index in [1.165, 1.54) is 0 Å². The molecule has 0 saturated carbocycles. The molecule has 2 aromatic rings.